The number of likely N-dealkylation sites (N-methyl/N-ethyl adjacent to an activating group) is 2. The maximum absolute atomic E-state index is 15.5. The number of phenols is 1. The number of hydrogen-bond acceptors (Lipinski definition) is 11. The standard InChI is InChI=1S/C27H31F2N5O8/c1-33(2)18-12-5-9-4-11-13(29)6-14(32-25(41)26(31)7-10(28)8-34(26)3)19(35)16(11)20(36)15(9)22(38)27(12,42)23(39)17(21(18)37)24(30)40/h6,9-10,12,18,35-36,39,42H,4-5,7-8,31H2,1-3H3,(H2,30,40)(H,32,41)/t9-,10-,12-,18-,26-,27-/m0/s1. The molecular formula is C27H31F2N5O8. The fourth-order valence-electron chi connectivity index (χ4n) is 6.88. The van der Waals surface area contributed by atoms with E-state index in [4.69, 9.17) is 11.5 Å². The molecule has 3 aliphatic carbocycles. The first-order valence-electron chi connectivity index (χ1n) is 13.1. The van der Waals surface area contributed by atoms with E-state index in [-0.39, 0.29) is 31.4 Å². The highest BCUT2D eigenvalue weighted by Gasteiger charge is 2.64. The van der Waals surface area contributed by atoms with Gasteiger partial charge in [0.1, 0.15) is 29.1 Å². The number of Topliss-reactive ketones (excluding diaryl/α,β-unsaturated/α-hetero) is 2. The molecule has 0 spiro atoms. The van der Waals surface area contributed by atoms with E-state index in [0.29, 0.717) is 0 Å². The van der Waals surface area contributed by atoms with Crippen LogP contribution in [0.1, 0.15) is 24.0 Å². The first kappa shape index (κ1) is 29.6. The lowest BCUT2D eigenvalue weighted by atomic mass is 9.57. The van der Waals surface area contributed by atoms with Crippen LogP contribution in [0.2, 0.25) is 0 Å². The van der Waals surface area contributed by atoms with Crippen molar-refractivity contribution < 1.29 is 48.4 Å². The Morgan fingerprint density at radius 1 is 1.21 bits per heavy atom. The zero-order valence-electron chi connectivity index (χ0n) is 22.9. The summed E-state index contributed by atoms with van der Waals surface area (Å²) in [5.74, 6) is -10.8. The number of aliphatic hydroxyl groups is 3. The van der Waals surface area contributed by atoms with Gasteiger partial charge in [0, 0.05) is 36.1 Å². The first-order chi connectivity index (χ1) is 19.5. The monoisotopic (exact) mass is 591 g/mol. The topological polar surface area (TPSA) is 220 Å². The molecule has 13 nitrogen and oxygen atoms in total. The molecule has 1 saturated carbocycles. The summed E-state index contributed by atoms with van der Waals surface area (Å²) < 4.78 is 29.4. The average molecular weight is 592 g/mol. The van der Waals surface area contributed by atoms with Gasteiger partial charge in [-0.25, -0.2) is 8.78 Å². The molecule has 1 heterocycles. The molecule has 42 heavy (non-hydrogen) atoms. The Balaban J connectivity index is 1.62. The second-order valence-electron chi connectivity index (χ2n) is 11.6. The molecule has 2 fully saturated rings. The van der Waals surface area contributed by atoms with Gasteiger partial charge < -0.3 is 37.2 Å². The summed E-state index contributed by atoms with van der Waals surface area (Å²) in [4.78, 5) is 54.7. The summed E-state index contributed by atoms with van der Waals surface area (Å²) >= 11 is 0. The van der Waals surface area contributed by atoms with Gasteiger partial charge >= 0.3 is 0 Å². The lowest BCUT2D eigenvalue weighted by Crippen LogP contribution is -2.65. The van der Waals surface area contributed by atoms with E-state index in [1.807, 2.05) is 0 Å². The zero-order valence-corrected chi connectivity index (χ0v) is 22.9. The Labute approximate surface area is 238 Å². The van der Waals surface area contributed by atoms with Crippen LogP contribution >= 0.6 is 0 Å². The van der Waals surface area contributed by atoms with E-state index in [9.17, 15) is 44.0 Å². The number of ketones is 2. The van der Waals surface area contributed by atoms with Gasteiger partial charge in [0.05, 0.1) is 17.3 Å². The van der Waals surface area contributed by atoms with E-state index < -0.39 is 104 Å². The number of likely N-dealkylation sites (tertiary alicyclic amines) is 1. The lowest BCUT2D eigenvalue weighted by Gasteiger charge is -2.50. The molecule has 15 heteroatoms. The number of halogens is 2. The van der Waals surface area contributed by atoms with E-state index >= 15 is 4.39 Å². The van der Waals surface area contributed by atoms with Crippen LogP contribution in [0, 0.1) is 17.7 Å². The third kappa shape index (κ3) is 3.87. The molecule has 2 amide bonds. The van der Waals surface area contributed by atoms with Crippen LogP contribution in [-0.4, -0.2) is 105 Å². The van der Waals surface area contributed by atoms with Gasteiger partial charge in [0.2, 0.25) is 5.78 Å². The fourth-order valence-corrected chi connectivity index (χ4v) is 6.88. The van der Waals surface area contributed by atoms with Crippen LogP contribution in [0.5, 0.6) is 5.75 Å². The molecule has 6 atom stereocenters. The van der Waals surface area contributed by atoms with Gasteiger partial charge in [-0.2, -0.15) is 0 Å². The van der Waals surface area contributed by atoms with Crippen molar-refractivity contribution in [2.45, 2.75) is 42.7 Å². The molecule has 1 aromatic carbocycles. The number of carbonyl (C=O) groups is 4. The Morgan fingerprint density at radius 2 is 1.86 bits per heavy atom. The molecule has 1 saturated heterocycles. The zero-order chi connectivity index (χ0) is 31.2. The van der Waals surface area contributed by atoms with Crippen molar-refractivity contribution in [3.63, 3.8) is 0 Å². The highest BCUT2D eigenvalue weighted by Crippen LogP contribution is 2.53. The number of amides is 2. The third-order valence-corrected chi connectivity index (χ3v) is 8.99. The molecule has 5 rings (SSSR count). The molecule has 4 aliphatic rings. The van der Waals surface area contributed by atoms with E-state index in [1.165, 1.54) is 30.9 Å². The van der Waals surface area contributed by atoms with Crippen LogP contribution in [0.15, 0.2) is 23.0 Å². The van der Waals surface area contributed by atoms with E-state index in [0.717, 1.165) is 6.07 Å². The number of rotatable bonds is 4. The molecule has 0 bridgehead atoms. The average Bonchev–Trinajstić information content (AvgIpc) is 3.15. The molecule has 226 valence electrons. The predicted molar refractivity (Wildman–Crippen MR) is 142 cm³/mol. The fraction of sp³-hybridized carbons (Fsp3) is 0.481. The van der Waals surface area contributed by atoms with E-state index in [1.54, 1.807) is 0 Å². The number of phenolic OH excluding ortho intramolecular Hbond substituents is 1. The number of benzene rings is 1. The van der Waals surface area contributed by atoms with Crippen LogP contribution in [-0.2, 0) is 25.6 Å². The number of nitrogens with zero attached hydrogens (tertiary/aromatic N) is 2. The summed E-state index contributed by atoms with van der Waals surface area (Å²) in [7, 11) is 4.34. The second-order valence-corrected chi connectivity index (χ2v) is 11.6. The Kier molecular flexibility index (Phi) is 6.73. The van der Waals surface area contributed by atoms with Crippen molar-refractivity contribution in [2.75, 3.05) is 33.0 Å². The van der Waals surface area contributed by atoms with Crippen molar-refractivity contribution in [1.29, 1.82) is 0 Å². The number of carbonyl (C=O) groups excluding carboxylic acids is 4. The maximum atomic E-state index is 15.5. The van der Waals surface area contributed by atoms with Crippen LogP contribution in [0.4, 0.5) is 14.5 Å². The Bertz CT molecular complexity index is 1530. The van der Waals surface area contributed by atoms with Gasteiger partial charge in [0.15, 0.2) is 22.8 Å². The quantitative estimate of drug-likeness (QED) is 0.173. The number of primary amides is 1. The van der Waals surface area contributed by atoms with E-state index in [2.05, 4.69) is 5.32 Å². The minimum absolute atomic E-state index is 0.131. The highest BCUT2D eigenvalue weighted by molar-refractivity contribution is 6.24. The van der Waals surface area contributed by atoms with Gasteiger partial charge in [-0.05, 0) is 39.9 Å². The Hall–Kier alpha value is -3.92. The number of hydrogen-bond donors (Lipinski definition) is 7. The summed E-state index contributed by atoms with van der Waals surface area (Å²) in [6, 6.07) is -0.476. The molecule has 9 N–H and O–H groups in total. The smallest absolute Gasteiger partial charge is 0.259 e. The third-order valence-electron chi connectivity index (χ3n) is 8.99. The molecule has 0 unspecified atom stereocenters. The second kappa shape index (κ2) is 9.55. The van der Waals surface area contributed by atoms with Crippen molar-refractivity contribution in [3.05, 3.63) is 39.9 Å². The summed E-state index contributed by atoms with van der Waals surface area (Å²) in [5.41, 5.74) is 4.01. The number of aliphatic hydroxyl groups excluding tert-OH is 2. The summed E-state index contributed by atoms with van der Waals surface area (Å²) in [6.07, 6.45) is -2.25. The number of anilines is 1. The lowest BCUT2D eigenvalue weighted by molar-refractivity contribution is -0.153. The number of nitrogens with two attached hydrogens (primary N) is 2. The highest BCUT2D eigenvalue weighted by atomic mass is 19.1. The molecule has 1 aliphatic heterocycles. The Morgan fingerprint density at radius 3 is 2.40 bits per heavy atom. The van der Waals surface area contributed by atoms with Crippen LogP contribution < -0.4 is 16.8 Å². The minimum Gasteiger partial charge on any atom is -0.508 e. The van der Waals surface area contributed by atoms with Crippen LogP contribution in [0.3, 0.4) is 0 Å². The largest absolute Gasteiger partial charge is 0.508 e. The van der Waals surface area contributed by atoms with Crippen LogP contribution in [0.25, 0.3) is 5.76 Å². The maximum Gasteiger partial charge on any atom is 0.259 e. The van der Waals surface area contributed by atoms with Crippen molar-refractivity contribution >= 4 is 34.8 Å². The molecular weight excluding hydrogens is 560 g/mol. The van der Waals surface area contributed by atoms with Gasteiger partial charge in [-0.15, -0.1) is 0 Å². The number of nitrogens with one attached hydrogen (secondary N) is 1. The normalized spacial score (nSPS) is 33.0. The van der Waals surface area contributed by atoms with Gasteiger partial charge in [0.25, 0.3) is 11.8 Å². The summed E-state index contributed by atoms with van der Waals surface area (Å²) in [5, 5.41) is 47.1. The summed E-state index contributed by atoms with van der Waals surface area (Å²) in [6.45, 7) is -0.131. The van der Waals surface area contributed by atoms with Gasteiger partial charge in [-0.3, -0.25) is 29.0 Å². The van der Waals surface area contributed by atoms with Crippen molar-refractivity contribution in [3.8, 4) is 5.75 Å². The SMILES string of the molecule is CN(C)[C@@H]1C(=O)C(C(N)=O)=C(O)[C@@]2(O)C(=O)C3=C(O)c4c(O)c(NC(=O)[C@]5(N)C[C@H](F)CN5C)cc(F)c4C[C@H]3C[C@@H]12. The molecule has 0 aromatic heterocycles. The predicted octanol–water partition coefficient (Wildman–Crippen LogP) is -0.630. The van der Waals surface area contributed by atoms with Gasteiger partial charge in [-0.1, -0.05) is 0 Å². The molecule has 0 radical (unpaired) electrons. The van der Waals surface area contributed by atoms with Crippen molar-refractivity contribution in [1.82, 2.24) is 9.80 Å². The number of fused-ring (bicyclic) bond motifs is 3. The minimum atomic E-state index is -2.85. The number of aromatic hydroxyl groups is 1. The molecule has 1 aromatic rings. The van der Waals surface area contributed by atoms with Crippen molar-refractivity contribution in [2.24, 2.45) is 23.3 Å². The first-order valence-corrected chi connectivity index (χ1v) is 13.1. The number of alkyl halides is 1.